The van der Waals surface area contributed by atoms with Gasteiger partial charge in [-0.2, -0.15) is 0 Å². The minimum absolute atomic E-state index is 0.0536. The van der Waals surface area contributed by atoms with Gasteiger partial charge in [0.05, 0.1) is 12.6 Å². The fraction of sp³-hybridized carbons (Fsp3) is 0.417. The molecule has 1 saturated heterocycles. The maximum Gasteiger partial charge on any atom is 0.261 e. The number of hydrogen-bond donors (Lipinski definition) is 0. The summed E-state index contributed by atoms with van der Waals surface area (Å²) in [6, 6.07) is 22.5. The molecule has 0 N–H and O–H groups in total. The molecule has 2 aliphatic rings. The average Bonchev–Trinajstić information content (AvgIpc) is 3.27. The summed E-state index contributed by atoms with van der Waals surface area (Å²) in [5.41, 5.74) is 1.55. The molecule has 0 spiro atoms. The van der Waals surface area contributed by atoms with Gasteiger partial charge < -0.3 is 9.33 Å². The lowest BCUT2D eigenvalue weighted by molar-refractivity contribution is 0.190. The van der Waals surface area contributed by atoms with Crippen LogP contribution in [0.1, 0.15) is 40.0 Å². The van der Waals surface area contributed by atoms with Crippen molar-refractivity contribution in [1.29, 1.82) is 0 Å². The third kappa shape index (κ3) is 3.28. The normalized spacial score (nSPS) is 19.9. The van der Waals surface area contributed by atoms with Crippen LogP contribution in [-0.2, 0) is 4.43 Å². The lowest BCUT2D eigenvalue weighted by Crippen LogP contribution is -2.67. The Morgan fingerprint density at radius 2 is 1.56 bits per heavy atom. The fourth-order valence-electron chi connectivity index (χ4n) is 4.92. The van der Waals surface area contributed by atoms with E-state index >= 15 is 0 Å². The smallest absolute Gasteiger partial charge is 0.261 e. The van der Waals surface area contributed by atoms with Gasteiger partial charge in [0, 0.05) is 12.2 Å². The first-order chi connectivity index (χ1) is 13.0. The quantitative estimate of drug-likeness (QED) is 0.720. The van der Waals surface area contributed by atoms with Crippen molar-refractivity contribution in [3.63, 3.8) is 0 Å². The summed E-state index contributed by atoms with van der Waals surface area (Å²) < 4.78 is 7.13. The molecule has 2 aliphatic heterocycles. The second-order valence-corrected chi connectivity index (χ2v) is 13.2. The average molecular weight is 378 g/mol. The lowest BCUT2D eigenvalue weighted by atomic mass is 10.2. The number of hydrogen-bond acceptors (Lipinski definition) is 2. The third-order valence-corrected chi connectivity index (χ3v) is 11.2. The fourth-order valence-corrected chi connectivity index (χ4v) is 9.52. The minimum atomic E-state index is -2.41. The number of rotatable bonds is 5. The van der Waals surface area contributed by atoms with Crippen LogP contribution in [-0.4, -0.2) is 32.4 Å². The standard InChI is InChI=1S/C24H31NOSi/c1-24(2,3)27(22-12-6-4-7-13-22,23-14-8-5-9-15-23)26-19-21-17-16-20-11-10-18-25(20)21/h4-9,11-15,21H,10,16-19H2,1-3H3/t21-/m0/s1. The van der Waals surface area contributed by atoms with Crippen LogP contribution < -0.4 is 10.4 Å². The van der Waals surface area contributed by atoms with Crippen molar-refractivity contribution < 1.29 is 4.43 Å². The van der Waals surface area contributed by atoms with Gasteiger partial charge in [-0.1, -0.05) is 87.5 Å². The Morgan fingerprint density at radius 1 is 0.963 bits per heavy atom. The van der Waals surface area contributed by atoms with Gasteiger partial charge in [-0.15, -0.1) is 0 Å². The van der Waals surface area contributed by atoms with Crippen molar-refractivity contribution in [2.45, 2.75) is 51.1 Å². The third-order valence-electron chi connectivity index (χ3n) is 6.20. The molecule has 1 fully saturated rings. The summed E-state index contributed by atoms with van der Waals surface area (Å²) in [4.78, 5) is 2.60. The van der Waals surface area contributed by atoms with Gasteiger partial charge in [0.15, 0.2) is 0 Å². The number of nitrogens with zero attached hydrogens (tertiary/aromatic N) is 1. The Morgan fingerprint density at radius 3 is 2.11 bits per heavy atom. The van der Waals surface area contributed by atoms with Crippen LogP contribution in [0.2, 0.25) is 5.04 Å². The molecule has 27 heavy (non-hydrogen) atoms. The van der Waals surface area contributed by atoms with Crippen molar-refractivity contribution in [2.75, 3.05) is 13.2 Å². The highest BCUT2D eigenvalue weighted by atomic mass is 28.4. The Bertz CT molecular complexity index is 755. The molecule has 0 aliphatic carbocycles. The highest BCUT2D eigenvalue weighted by Crippen LogP contribution is 2.38. The van der Waals surface area contributed by atoms with Crippen molar-refractivity contribution in [3.05, 3.63) is 72.4 Å². The van der Waals surface area contributed by atoms with Crippen LogP contribution in [0.4, 0.5) is 0 Å². The van der Waals surface area contributed by atoms with Gasteiger partial charge >= 0.3 is 0 Å². The monoisotopic (exact) mass is 377 g/mol. The lowest BCUT2D eigenvalue weighted by Gasteiger charge is -2.44. The molecular formula is C24H31NOSi. The largest absolute Gasteiger partial charge is 0.405 e. The van der Waals surface area contributed by atoms with Crippen LogP contribution in [0.3, 0.4) is 0 Å². The van der Waals surface area contributed by atoms with Crippen molar-refractivity contribution in [3.8, 4) is 0 Å². The number of benzene rings is 2. The van der Waals surface area contributed by atoms with Crippen LogP contribution in [0, 0.1) is 0 Å². The summed E-state index contributed by atoms with van der Waals surface area (Å²) in [7, 11) is -2.41. The Hall–Kier alpha value is -1.84. The van der Waals surface area contributed by atoms with E-state index in [-0.39, 0.29) is 5.04 Å². The molecule has 3 heteroatoms. The second kappa shape index (κ2) is 7.29. The van der Waals surface area contributed by atoms with E-state index in [1.807, 2.05) is 0 Å². The molecule has 2 aromatic carbocycles. The maximum atomic E-state index is 7.13. The zero-order valence-electron chi connectivity index (χ0n) is 16.8. The molecule has 0 amide bonds. The molecule has 0 saturated carbocycles. The topological polar surface area (TPSA) is 12.5 Å². The van der Waals surface area contributed by atoms with E-state index < -0.39 is 8.32 Å². The van der Waals surface area contributed by atoms with Gasteiger partial charge in [-0.25, -0.2) is 0 Å². The van der Waals surface area contributed by atoms with E-state index in [4.69, 9.17) is 4.43 Å². The molecular weight excluding hydrogens is 346 g/mol. The molecule has 2 aromatic rings. The second-order valence-electron chi connectivity index (χ2n) is 8.84. The Kier molecular flexibility index (Phi) is 5.00. The molecule has 1 atom stereocenters. The summed E-state index contributed by atoms with van der Waals surface area (Å²) >= 11 is 0. The van der Waals surface area contributed by atoms with Crippen LogP contribution in [0.15, 0.2) is 72.4 Å². The van der Waals surface area contributed by atoms with E-state index in [1.54, 1.807) is 5.70 Å². The van der Waals surface area contributed by atoms with Gasteiger partial charge in [0.25, 0.3) is 8.32 Å². The summed E-state index contributed by atoms with van der Waals surface area (Å²) in [5, 5.41) is 2.80. The SMILES string of the molecule is CC(C)(C)[Si](OC[C@@H]1CCC2=CCCN21)(c1ccccc1)c1ccccc1. The van der Waals surface area contributed by atoms with Crippen LogP contribution in [0.25, 0.3) is 0 Å². The van der Waals surface area contributed by atoms with Crippen molar-refractivity contribution in [2.24, 2.45) is 0 Å². The predicted octanol–water partition coefficient (Wildman–Crippen LogP) is 4.32. The molecule has 4 rings (SSSR count). The molecule has 2 nitrogen and oxygen atoms in total. The first-order valence-electron chi connectivity index (χ1n) is 10.2. The zero-order chi connectivity index (χ0) is 18.9. The molecule has 0 bridgehead atoms. The van der Waals surface area contributed by atoms with Gasteiger partial charge in [-0.3, -0.25) is 0 Å². The van der Waals surface area contributed by atoms with E-state index in [2.05, 4.69) is 92.4 Å². The van der Waals surface area contributed by atoms with Gasteiger partial charge in [0.1, 0.15) is 0 Å². The van der Waals surface area contributed by atoms with Crippen LogP contribution in [0.5, 0.6) is 0 Å². The Balaban J connectivity index is 1.72. The first-order valence-corrected chi connectivity index (χ1v) is 12.1. The minimum Gasteiger partial charge on any atom is -0.405 e. The molecule has 0 unspecified atom stereocenters. The zero-order valence-corrected chi connectivity index (χ0v) is 17.8. The highest BCUT2D eigenvalue weighted by molar-refractivity contribution is 6.99. The summed E-state index contributed by atoms with van der Waals surface area (Å²) in [6.45, 7) is 9.06. The molecule has 0 radical (unpaired) electrons. The van der Waals surface area contributed by atoms with Crippen molar-refractivity contribution in [1.82, 2.24) is 4.90 Å². The maximum absolute atomic E-state index is 7.13. The number of fused-ring (bicyclic) bond motifs is 1. The molecule has 2 heterocycles. The van der Waals surface area contributed by atoms with E-state index in [1.165, 1.54) is 36.2 Å². The van der Waals surface area contributed by atoms with Crippen LogP contribution >= 0.6 is 0 Å². The summed E-state index contributed by atoms with van der Waals surface area (Å²) in [5.74, 6) is 0. The number of allylic oxidation sites excluding steroid dienone is 1. The van der Waals surface area contributed by atoms with E-state index in [9.17, 15) is 0 Å². The van der Waals surface area contributed by atoms with Gasteiger partial charge in [0.2, 0.25) is 0 Å². The molecule has 0 aromatic heterocycles. The molecule has 142 valence electrons. The predicted molar refractivity (Wildman–Crippen MR) is 116 cm³/mol. The Labute approximate surface area is 165 Å². The first kappa shape index (κ1) is 18.5. The van der Waals surface area contributed by atoms with Crippen molar-refractivity contribution >= 4 is 18.7 Å². The highest BCUT2D eigenvalue weighted by Gasteiger charge is 2.50. The summed E-state index contributed by atoms with van der Waals surface area (Å²) in [6.07, 6.45) is 6.06. The van der Waals surface area contributed by atoms with E-state index in [0.29, 0.717) is 6.04 Å². The van der Waals surface area contributed by atoms with E-state index in [0.717, 1.165) is 6.61 Å². The van der Waals surface area contributed by atoms with Gasteiger partial charge in [-0.05, 0) is 34.7 Å².